The molecule has 6 N–H and O–H groups in total. The molecule has 3 heterocycles. The van der Waals surface area contributed by atoms with Crippen LogP contribution in [0, 0.1) is 5.82 Å². The fourth-order valence-electron chi connectivity index (χ4n) is 4.37. The molecule has 1 aliphatic rings. The van der Waals surface area contributed by atoms with E-state index in [0.29, 0.717) is 5.52 Å². The number of carbonyl (C=O) groups excluding carboxylic acids is 2. The minimum atomic E-state index is -5.38. The first-order chi connectivity index (χ1) is 19.1. The molecule has 214 valence electrons. The molecule has 0 radical (unpaired) electrons. The lowest BCUT2D eigenvalue weighted by molar-refractivity contribution is -0.265. The van der Waals surface area contributed by atoms with E-state index in [1.165, 1.54) is 31.2 Å². The first kappa shape index (κ1) is 28.1. The molecule has 2 aromatic carbocycles. The summed E-state index contributed by atoms with van der Waals surface area (Å²) in [6.45, 7) is -0.358. The van der Waals surface area contributed by atoms with Crippen molar-refractivity contribution >= 4 is 40.5 Å². The van der Waals surface area contributed by atoms with E-state index in [1.54, 1.807) is 0 Å². The van der Waals surface area contributed by atoms with Gasteiger partial charge in [0.2, 0.25) is 11.5 Å². The van der Waals surface area contributed by atoms with Crippen LogP contribution < -0.4 is 21.5 Å². The van der Waals surface area contributed by atoms with Gasteiger partial charge in [-0.1, -0.05) is 11.6 Å². The second kappa shape index (κ2) is 9.59. The van der Waals surface area contributed by atoms with Gasteiger partial charge in [-0.05, 0) is 49.4 Å². The number of aliphatic hydroxyl groups is 1. The maximum Gasteiger partial charge on any atom is 0.424 e. The van der Waals surface area contributed by atoms with Gasteiger partial charge in [-0.15, -0.1) is 0 Å². The first-order valence-corrected chi connectivity index (χ1v) is 12.2. The SMILES string of the molecule is C[C@]1(C(N)=O)COc2c1cc(C(O)(CNC(=O)c1ccc3nc(N)oc3c1)C(F)(F)F)nc2-c1ccc(F)c(Cl)c1. The Balaban J connectivity index is 1.60. The van der Waals surface area contributed by atoms with Crippen molar-refractivity contribution in [3.8, 4) is 17.0 Å². The number of nitrogens with two attached hydrogens (primary N) is 2. The van der Waals surface area contributed by atoms with Crippen molar-refractivity contribution in [3.05, 3.63) is 70.1 Å². The molecule has 0 saturated carbocycles. The Morgan fingerprint density at radius 1 is 1.17 bits per heavy atom. The van der Waals surface area contributed by atoms with Gasteiger partial charge in [0, 0.05) is 16.7 Å². The number of nitrogens with one attached hydrogen (secondary N) is 1. The number of carbonyl (C=O) groups is 2. The van der Waals surface area contributed by atoms with E-state index < -0.39 is 47.1 Å². The minimum absolute atomic E-state index is 0.0383. The minimum Gasteiger partial charge on any atom is -0.489 e. The number of rotatable bonds is 6. The number of aromatic nitrogens is 2. The second-order valence-electron chi connectivity index (χ2n) is 9.62. The molecule has 15 heteroatoms. The number of oxazole rings is 1. The molecule has 0 aliphatic carbocycles. The third-order valence-corrected chi connectivity index (χ3v) is 7.16. The van der Waals surface area contributed by atoms with Gasteiger partial charge in [0.05, 0.1) is 17.3 Å². The standard InChI is InChI=1S/C26H20ClF4N5O5/c1-24(22(32)38)10-40-20-13(24)8-18(36-19(20)11-2-4-15(28)14(27)6-11)25(39,26(29,30)31)9-34-21(37)12-3-5-16-17(7-12)41-23(33)35-16/h2-8,39H,9-10H2,1H3,(H2,32,38)(H2,33,35)(H,34,37)/t24-,25?/m0/s1. The highest BCUT2D eigenvalue weighted by Gasteiger charge is 2.57. The molecule has 1 aliphatic heterocycles. The molecule has 0 bridgehead atoms. The lowest BCUT2D eigenvalue weighted by atomic mass is 9.81. The van der Waals surface area contributed by atoms with E-state index in [2.05, 4.69) is 15.3 Å². The number of primary amides is 1. The predicted octanol–water partition coefficient (Wildman–Crippen LogP) is 3.58. The number of amides is 2. The Bertz CT molecular complexity index is 1730. The largest absolute Gasteiger partial charge is 0.489 e. The lowest BCUT2D eigenvalue weighted by Gasteiger charge is -2.31. The van der Waals surface area contributed by atoms with Crippen molar-refractivity contribution in [2.24, 2.45) is 5.73 Å². The average Bonchev–Trinajstić information content (AvgIpc) is 3.46. The van der Waals surface area contributed by atoms with Crippen LogP contribution in [0.5, 0.6) is 5.75 Å². The number of hydrogen-bond donors (Lipinski definition) is 4. The highest BCUT2D eigenvalue weighted by atomic mass is 35.5. The maximum atomic E-state index is 14.5. The number of ether oxygens (including phenoxy) is 1. The number of benzene rings is 2. The number of hydrogen-bond acceptors (Lipinski definition) is 8. The van der Waals surface area contributed by atoms with Gasteiger partial charge in [0.25, 0.3) is 11.9 Å². The Labute approximate surface area is 233 Å². The van der Waals surface area contributed by atoms with Crippen LogP contribution in [0.3, 0.4) is 0 Å². The molecular weight excluding hydrogens is 574 g/mol. The molecule has 41 heavy (non-hydrogen) atoms. The second-order valence-corrected chi connectivity index (χ2v) is 10.0. The van der Waals surface area contributed by atoms with Crippen LogP contribution in [0.25, 0.3) is 22.4 Å². The van der Waals surface area contributed by atoms with E-state index in [0.717, 1.165) is 18.2 Å². The maximum absolute atomic E-state index is 14.5. The van der Waals surface area contributed by atoms with Crippen LogP contribution in [0.1, 0.15) is 28.5 Å². The predicted molar refractivity (Wildman–Crippen MR) is 137 cm³/mol. The molecule has 0 spiro atoms. The average molecular weight is 594 g/mol. The lowest BCUT2D eigenvalue weighted by Crippen LogP contribution is -2.51. The van der Waals surface area contributed by atoms with E-state index in [-0.39, 0.29) is 51.4 Å². The molecular formula is C26H20ClF4N5O5. The molecule has 2 amide bonds. The van der Waals surface area contributed by atoms with Crippen molar-refractivity contribution < 1.29 is 41.4 Å². The van der Waals surface area contributed by atoms with Gasteiger partial charge in [-0.2, -0.15) is 18.2 Å². The van der Waals surface area contributed by atoms with Gasteiger partial charge >= 0.3 is 6.18 Å². The topological polar surface area (TPSA) is 167 Å². The summed E-state index contributed by atoms with van der Waals surface area (Å²) in [6, 6.07) is 7.84. The number of nitrogens with zero attached hydrogens (tertiary/aromatic N) is 2. The Kier molecular flexibility index (Phi) is 6.58. The fourth-order valence-corrected chi connectivity index (χ4v) is 4.55. The fraction of sp³-hybridized carbons (Fsp3) is 0.231. The Hall–Kier alpha value is -4.43. The Morgan fingerprint density at radius 3 is 2.56 bits per heavy atom. The highest BCUT2D eigenvalue weighted by molar-refractivity contribution is 6.31. The zero-order valence-corrected chi connectivity index (χ0v) is 21.7. The van der Waals surface area contributed by atoms with Crippen molar-refractivity contribution in [2.45, 2.75) is 24.1 Å². The normalized spacial score (nSPS) is 18.0. The monoisotopic (exact) mass is 593 g/mol. The summed E-state index contributed by atoms with van der Waals surface area (Å²) >= 11 is 5.89. The molecule has 0 saturated heterocycles. The summed E-state index contributed by atoms with van der Waals surface area (Å²) < 4.78 is 68.2. The summed E-state index contributed by atoms with van der Waals surface area (Å²) in [5.74, 6) is -2.79. The van der Waals surface area contributed by atoms with Crippen molar-refractivity contribution in [2.75, 3.05) is 18.9 Å². The zero-order chi connectivity index (χ0) is 29.9. The van der Waals surface area contributed by atoms with Crippen molar-refractivity contribution in [1.82, 2.24) is 15.3 Å². The van der Waals surface area contributed by atoms with E-state index in [9.17, 15) is 32.3 Å². The van der Waals surface area contributed by atoms with Crippen LogP contribution >= 0.6 is 11.6 Å². The number of nitrogen functional groups attached to an aromatic ring is 1. The number of alkyl halides is 3. The molecule has 10 nitrogen and oxygen atoms in total. The number of pyridine rings is 1. The van der Waals surface area contributed by atoms with E-state index >= 15 is 0 Å². The molecule has 0 fully saturated rings. The third kappa shape index (κ3) is 4.68. The number of halogens is 5. The summed E-state index contributed by atoms with van der Waals surface area (Å²) in [5.41, 5.74) is 4.73. The quantitative estimate of drug-likeness (QED) is 0.246. The summed E-state index contributed by atoms with van der Waals surface area (Å²) in [4.78, 5) is 33.1. The van der Waals surface area contributed by atoms with E-state index in [1.807, 2.05) is 0 Å². The van der Waals surface area contributed by atoms with Crippen LogP contribution in [-0.4, -0.2) is 46.2 Å². The Morgan fingerprint density at radius 2 is 1.90 bits per heavy atom. The van der Waals surface area contributed by atoms with Crippen LogP contribution in [0.2, 0.25) is 5.02 Å². The zero-order valence-electron chi connectivity index (χ0n) is 21.0. The number of anilines is 1. The molecule has 1 unspecified atom stereocenters. The van der Waals surface area contributed by atoms with Gasteiger partial charge in [0.1, 0.15) is 34.8 Å². The van der Waals surface area contributed by atoms with Gasteiger partial charge in [0.15, 0.2) is 5.58 Å². The first-order valence-electron chi connectivity index (χ1n) is 11.8. The highest BCUT2D eigenvalue weighted by Crippen LogP contribution is 2.48. The molecule has 5 rings (SSSR count). The molecule has 2 atom stereocenters. The summed E-state index contributed by atoms with van der Waals surface area (Å²) in [5, 5.41) is 12.8. The van der Waals surface area contributed by atoms with Gasteiger partial charge in [-0.25, -0.2) is 9.37 Å². The van der Waals surface area contributed by atoms with Crippen LogP contribution in [0.4, 0.5) is 23.6 Å². The van der Waals surface area contributed by atoms with Crippen LogP contribution in [0.15, 0.2) is 46.9 Å². The van der Waals surface area contributed by atoms with Crippen molar-refractivity contribution in [1.29, 1.82) is 0 Å². The van der Waals surface area contributed by atoms with Crippen LogP contribution in [-0.2, 0) is 15.8 Å². The summed E-state index contributed by atoms with van der Waals surface area (Å²) in [6.07, 6.45) is -5.38. The summed E-state index contributed by atoms with van der Waals surface area (Å²) in [7, 11) is 0. The number of fused-ring (bicyclic) bond motifs is 2. The van der Waals surface area contributed by atoms with Gasteiger partial charge in [-0.3, -0.25) is 9.59 Å². The molecule has 4 aromatic rings. The van der Waals surface area contributed by atoms with Crippen molar-refractivity contribution in [3.63, 3.8) is 0 Å². The van der Waals surface area contributed by atoms with Gasteiger partial charge < -0.3 is 31.0 Å². The molecule has 2 aromatic heterocycles. The third-order valence-electron chi connectivity index (χ3n) is 6.87. The van der Waals surface area contributed by atoms with E-state index in [4.69, 9.17) is 32.2 Å². The smallest absolute Gasteiger partial charge is 0.424 e.